The minimum Gasteiger partial charge on any atom is -0.368 e. The maximum absolute atomic E-state index is 12.2. The largest absolute Gasteiger partial charge is 0.368 e. The fourth-order valence-electron chi connectivity index (χ4n) is 3.37. The van der Waals surface area contributed by atoms with Gasteiger partial charge in [0.2, 0.25) is 5.91 Å². The highest BCUT2D eigenvalue weighted by Gasteiger charge is 2.37. The van der Waals surface area contributed by atoms with Crippen molar-refractivity contribution in [3.63, 3.8) is 0 Å². The highest BCUT2D eigenvalue weighted by Crippen LogP contribution is 2.27. The molecular formula is C15H20N4O3. The van der Waals surface area contributed by atoms with Crippen LogP contribution in [-0.2, 0) is 14.3 Å². The standard InChI is InChI=1S/C15H20N4O3/c20-14-4-1-5-18(14)11-7-16-19(10-11)12-8-17(9-12)15(21)13-3-2-6-22-13/h7,10,12-13H,1-6,8-9H2. The quantitative estimate of drug-likeness (QED) is 0.819. The number of carbonyl (C=O) groups is 2. The van der Waals surface area contributed by atoms with Crippen LogP contribution in [0.3, 0.4) is 0 Å². The third-order valence-corrected chi connectivity index (χ3v) is 4.73. The SMILES string of the molecule is O=C(C1CCCO1)N1CC(n2cc(N3CCCC3=O)cn2)C1. The van der Waals surface area contributed by atoms with Crippen molar-refractivity contribution in [1.82, 2.24) is 14.7 Å². The zero-order chi connectivity index (χ0) is 15.1. The molecule has 3 saturated heterocycles. The summed E-state index contributed by atoms with van der Waals surface area (Å²) in [5, 5.41) is 4.36. The molecule has 1 aromatic heterocycles. The summed E-state index contributed by atoms with van der Waals surface area (Å²) < 4.78 is 7.31. The van der Waals surface area contributed by atoms with Crippen molar-refractivity contribution in [3.05, 3.63) is 12.4 Å². The van der Waals surface area contributed by atoms with Crippen molar-refractivity contribution in [2.24, 2.45) is 0 Å². The number of rotatable bonds is 3. The van der Waals surface area contributed by atoms with Crippen LogP contribution in [0.5, 0.6) is 0 Å². The van der Waals surface area contributed by atoms with Gasteiger partial charge in [-0.3, -0.25) is 14.3 Å². The molecule has 1 aromatic rings. The number of carbonyl (C=O) groups excluding carboxylic acids is 2. The first-order valence-corrected chi connectivity index (χ1v) is 7.97. The maximum Gasteiger partial charge on any atom is 0.251 e. The zero-order valence-corrected chi connectivity index (χ0v) is 12.5. The van der Waals surface area contributed by atoms with E-state index in [0.29, 0.717) is 26.1 Å². The molecule has 22 heavy (non-hydrogen) atoms. The monoisotopic (exact) mass is 304 g/mol. The summed E-state index contributed by atoms with van der Waals surface area (Å²) in [7, 11) is 0. The molecule has 3 aliphatic heterocycles. The Hall–Kier alpha value is -1.89. The Bertz CT molecular complexity index is 587. The molecule has 4 rings (SSSR count). The third kappa shape index (κ3) is 2.29. The molecular weight excluding hydrogens is 284 g/mol. The van der Waals surface area contributed by atoms with Crippen molar-refractivity contribution < 1.29 is 14.3 Å². The van der Waals surface area contributed by atoms with E-state index in [0.717, 1.165) is 31.5 Å². The second-order valence-corrected chi connectivity index (χ2v) is 6.23. The van der Waals surface area contributed by atoms with Gasteiger partial charge in [-0.05, 0) is 19.3 Å². The zero-order valence-electron chi connectivity index (χ0n) is 12.5. The normalized spacial score (nSPS) is 25.8. The summed E-state index contributed by atoms with van der Waals surface area (Å²) >= 11 is 0. The topological polar surface area (TPSA) is 67.7 Å². The molecule has 3 aliphatic rings. The van der Waals surface area contributed by atoms with Gasteiger partial charge in [0.15, 0.2) is 0 Å². The van der Waals surface area contributed by atoms with E-state index in [-0.39, 0.29) is 24.0 Å². The van der Waals surface area contributed by atoms with Crippen molar-refractivity contribution >= 4 is 17.5 Å². The molecule has 7 heteroatoms. The van der Waals surface area contributed by atoms with E-state index in [9.17, 15) is 9.59 Å². The Balaban J connectivity index is 1.36. The highest BCUT2D eigenvalue weighted by atomic mass is 16.5. The van der Waals surface area contributed by atoms with Gasteiger partial charge in [0.25, 0.3) is 5.91 Å². The predicted molar refractivity (Wildman–Crippen MR) is 78.4 cm³/mol. The number of anilines is 1. The second-order valence-electron chi connectivity index (χ2n) is 6.23. The summed E-state index contributed by atoms with van der Waals surface area (Å²) in [5.41, 5.74) is 0.867. The van der Waals surface area contributed by atoms with Gasteiger partial charge in [0.1, 0.15) is 6.10 Å². The van der Waals surface area contributed by atoms with Gasteiger partial charge in [0.05, 0.1) is 17.9 Å². The van der Waals surface area contributed by atoms with Crippen molar-refractivity contribution in [2.75, 3.05) is 31.1 Å². The summed E-state index contributed by atoms with van der Waals surface area (Å²) in [5.74, 6) is 0.277. The van der Waals surface area contributed by atoms with Crippen LogP contribution in [0.4, 0.5) is 5.69 Å². The average Bonchev–Trinajstić information content (AvgIpc) is 3.16. The van der Waals surface area contributed by atoms with Gasteiger partial charge in [-0.1, -0.05) is 0 Å². The van der Waals surface area contributed by atoms with E-state index in [1.54, 1.807) is 11.1 Å². The molecule has 1 atom stereocenters. The Labute approximate surface area is 128 Å². The minimum atomic E-state index is -0.239. The number of hydrogen-bond acceptors (Lipinski definition) is 4. The lowest BCUT2D eigenvalue weighted by molar-refractivity contribution is -0.147. The Morgan fingerprint density at radius 2 is 2.18 bits per heavy atom. The van der Waals surface area contributed by atoms with Crippen molar-refractivity contribution in [1.29, 1.82) is 0 Å². The summed E-state index contributed by atoms with van der Waals surface area (Å²) in [4.78, 5) is 27.6. The molecule has 118 valence electrons. The lowest BCUT2D eigenvalue weighted by Crippen LogP contribution is -2.53. The van der Waals surface area contributed by atoms with Gasteiger partial charge in [-0.2, -0.15) is 5.10 Å². The number of nitrogens with zero attached hydrogens (tertiary/aromatic N) is 4. The van der Waals surface area contributed by atoms with Crippen LogP contribution < -0.4 is 4.90 Å². The number of amides is 2. The van der Waals surface area contributed by atoms with E-state index >= 15 is 0 Å². The lowest BCUT2D eigenvalue weighted by atomic mass is 10.1. The highest BCUT2D eigenvalue weighted by molar-refractivity contribution is 5.95. The molecule has 4 heterocycles. The molecule has 2 amide bonds. The van der Waals surface area contributed by atoms with Crippen molar-refractivity contribution in [3.8, 4) is 0 Å². The molecule has 0 N–H and O–H groups in total. The first-order chi connectivity index (χ1) is 10.7. The van der Waals surface area contributed by atoms with Crippen LogP contribution in [0.1, 0.15) is 31.7 Å². The van der Waals surface area contributed by atoms with Crippen LogP contribution in [0.2, 0.25) is 0 Å². The van der Waals surface area contributed by atoms with E-state index in [4.69, 9.17) is 4.74 Å². The van der Waals surface area contributed by atoms with Gasteiger partial charge in [-0.15, -0.1) is 0 Å². The van der Waals surface area contributed by atoms with E-state index in [2.05, 4.69) is 5.10 Å². The molecule has 3 fully saturated rings. The van der Waals surface area contributed by atoms with Crippen LogP contribution >= 0.6 is 0 Å². The summed E-state index contributed by atoms with van der Waals surface area (Å²) in [6.45, 7) is 2.82. The average molecular weight is 304 g/mol. The number of likely N-dealkylation sites (tertiary alicyclic amines) is 1. The minimum absolute atomic E-state index is 0.107. The molecule has 1 unspecified atom stereocenters. The van der Waals surface area contributed by atoms with E-state index < -0.39 is 0 Å². The van der Waals surface area contributed by atoms with Crippen molar-refractivity contribution in [2.45, 2.75) is 37.8 Å². The molecule has 0 spiro atoms. The van der Waals surface area contributed by atoms with Gasteiger partial charge in [-0.25, -0.2) is 0 Å². The van der Waals surface area contributed by atoms with E-state index in [1.807, 2.05) is 15.8 Å². The summed E-state index contributed by atoms with van der Waals surface area (Å²) in [6, 6.07) is 0.205. The fraction of sp³-hybridized carbons (Fsp3) is 0.667. The molecule has 0 radical (unpaired) electrons. The van der Waals surface area contributed by atoms with Gasteiger partial charge < -0.3 is 14.5 Å². The lowest BCUT2D eigenvalue weighted by Gasteiger charge is -2.40. The first-order valence-electron chi connectivity index (χ1n) is 7.97. The summed E-state index contributed by atoms with van der Waals surface area (Å²) in [6.07, 6.45) is 6.77. The van der Waals surface area contributed by atoms with E-state index in [1.165, 1.54) is 0 Å². The fourth-order valence-corrected chi connectivity index (χ4v) is 3.37. The maximum atomic E-state index is 12.2. The van der Waals surface area contributed by atoms with Crippen LogP contribution in [-0.4, -0.2) is 58.8 Å². The second kappa shape index (κ2) is 5.39. The van der Waals surface area contributed by atoms with Crippen LogP contribution in [0.15, 0.2) is 12.4 Å². The Morgan fingerprint density at radius 3 is 2.86 bits per heavy atom. The molecule has 0 aromatic carbocycles. The first kappa shape index (κ1) is 13.8. The van der Waals surface area contributed by atoms with Gasteiger partial charge >= 0.3 is 0 Å². The molecule has 0 aliphatic carbocycles. The van der Waals surface area contributed by atoms with Crippen LogP contribution in [0.25, 0.3) is 0 Å². The Morgan fingerprint density at radius 1 is 1.32 bits per heavy atom. The van der Waals surface area contributed by atoms with Gasteiger partial charge in [0, 0.05) is 38.9 Å². The Kier molecular flexibility index (Phi) is 3.37. The molecule has 0 saturated carbocycles. The third-order valence-electron chi connectivity index (χ3n) is 4.73. The molecule has 0 bridgehead atoms. The number of ether oxygens (including phenoxy) is 1. The number of hydrogen-bond donors (Lipinski definition) is 0. The predicted octanol–water partition coefficient (Wildman–Crippen LogP) is 0.572. The number of aromatic nitrogens is 2. The smallest absolute Gasteiger partial charge is 0.251 e. The van der Waals surface area contributed by atoms with Crippen LogP contribution in [0, 0.1) is 0 Å². The molecule has 7 nitrogen and oxygen atoms in total.